The van der Waals surface area contributed by atoms with Gasteiger partial charge in [-0.15, -0.1) is 0 Å². The topological polar surface area (TPSA) is 50.7 Å². The van der Waals surface area contributed by atoms with Gasteiger partial charge in [-0.3, -0.25) is 4.79 Å². The zero-order chi connectivity index (χ0) is 18.1. The van der Waals surface area contributed by atoms with Crippen LogP contribution >= 0.6 is 0 Å². The number of carbonyl (C=O) groups excluding carboxylic acids is 1. The van der Waals surface area contributed by atoms with Crippen LogP contribution in [0.4, 0.5) is 0 Å². The summed E-state index contributed by atoms with van der Waals surface area (Å²) in [5.41, 5.74) is 3.24. The molecular formula is C22H17N3O. The third-order valence-electron chi connectivity index (χ3n) is 4.73. The van der Waals surface area contributed by atoms with E-state index in [1.807, 2.05) is 83.2 Å². The van der Waals surface area contributed by atoms with Gasteiger partial charge in [0.05, 0.1) is 6.07 Å². The summed E-state index contributed by atoms with van der Waals surface area (Å²) in [7, 11) is 1.89. The van der Waals surface area contributed by atoms with Crippen LogP contribution in [0.25, 0.3) is 16.6 Å². The number of rotatable bonds is 4. The van der Waals surface area contributed by atoms with Crippen molar-refractivity contribution >= 4 is 16.7 Å². The molecule has 4 heteroatoms. The van der Waals surface area contributed by atoms with Gasteiger partial charge in [-0.05, 0) is 53.9 Å². The van der Waals surface area contributed by atoms with Crippen LogP contribution in [0.1, 0.15) is 22.0 Å². The van der Waals surface area contributed by atoms with Gasteiger partial charge in [-0.25, -0.2) is 0 Å². The second kappa shape index (κ2) is 6.38. The molecule has 0 amide bonds. The minimum atomic E-state index is -0.829. The van der Waals surface area contributed by atoms with Crippen molar-refractivity contribution in [3.05, 3.63) is 90.4 Å². The zero-order valence-corrected chi connectivity index (χ0v) is 14.3. The van der Waals surface area contributed by atoms with Gasteiger partial charge in [-0.1, -0.05) is 18.2 Å². The second-order valence-electron chi connectivity index (χ2n) is 6.25. The first-order valence-corrected chi connectivity index (χ1v) is 8.40. The van der Waals surface area contributed by atoms with Crippen molar-refractivity contribution in [1.29, 1.82) is 5.26 Å². The molecule has 0 aliphatic rings. The maximum atomic E-state index is 13.0. The van der Waals surface area contributed by atoms with Crippen molar-refractivity contribution in [2.75, 3.05) is 0 Å². The van der Waals surface area contributed by atoms with Crippen LogP contribution in [-0.2, 0) is 7.05 Å². The molecule has 0 saturated carbocycles. The van der Waals surface area contributed by atoms with Crippen LogP contribution in [-0.4, -0.2) is 14.9 Å². The molecular weight excluding hydrogens is 322 g/mol. The van der Waals surface area contributed by atoms with Gasteiger partial charge in [0.25, 0.3) is 0 Å². The highest BCUT2D eigenvalue weighted by atomic mass is 16.1. The number of fused-ring (bicyclic) bond motifs is 1. The molecule has 0 saturated heterocycles. The molecule has 0 aliphatic carbocycles. The fraction of sp³-hybridized carbons (Fsp3) is 0.0909. The molecule has 0 radical (unpaired) electrons. The molecule has 2 aromatic heterocycles. The van der Waals surface area contributed by atoms with Gasteiger partial charge >= 0.3 is 0 Å². The van der Waals surface area contributed by atoms with E-state index in [4.69, 9.17) is 0 Å². The summed E-state index contributed by atoms with van der Waals surface area (Å²) in [5.74, 6) is -1.01. The van der Waals surface area contributed by atoms with Crippen LogP contribution in [0.15, 0.2) is 79.1 Å². The van der Waals surface area contributed by atoms with Crippen molar-refractivity contribution in [3.8, 4) is 11.8 Å². The van der Waals surface area contributed by atoms with Gasteiger partial charge in [0.1, 0.15) is 5.92 Å². The highest BCUT2D eigenvalue weighted by molar-refractivity contribution is 6.03. The molecule has 4 rings (SSSR count). The number of hydrogen-bond acceptors (Lipinski definition) is 2. The number of aryl methyl sites for hydroxylation is 1. The number of Topliss-reactive ketones (excluding diaryl/α,β-unsaturated/α-hetero) is 1. The molecule has 0 bridgehead atoms. The fourth-order valence-corrected chi connectivity index (χ4v) is 3.32. The predicted octanol–water partition coefficient (Wildman–Crippen LogP) is 4.46. The summed E-state index contributed by atoms with van der Waals surface area (Å²) in [6.45, 7) is 0. The minimum absolute atomic E-state index is 0.183. The molecule has 0 spiro atoms. The molecule has 126 valence electrons. The summed E-state index contributed by atoms with van der Waals surface area (Å²) >= 11 is 0. The first-order valence-electron chi connectivity index (χ1n) is 8.40. The molecule has 4 nitrogen and oxygen atoms in total. The lowest BCUT2D eigenvalue weighted by Gasteiger charge is -2.11. The van der Waals surface area contributed by atoms with Crippen LogP contribution in [0, 0.1) is 11.3 Å². The third-order valence-corrected chi connectivity index (χ3v) is 4.73. The normalized spacial score (nSPS) is 12.0. The maximum absolute atomic E-state index is 13.0. The maximum Gasteiger partial charge on any atom is 0.185 e. The Morgan fingerprint density at radius 1 is 1.00 bits per heavy atom. The van der Waals surface area contributed by atoms with E-state index in [1.165, 1.54) is 0 Å². The zero-order valence-electron chi connectivity index (χ0n) is 14.3. The van der Waals surface area contributed by atoms with E-state index >= 15 is 0 Å². The Morgan fingerprint density at radius 2 is 1.69 bits per heavy atom. The summed E-state index contributed by atoms with van der Waals surface area (Å²) in [5, 5.41) is 10.7. The molecule has 1 atom stereocenters. The lowest BCUT2D eigenvalue weighted by molar-refractivity contribution is 0.0976. The van der Waals surface area contributed by atoms with E-state index in [0.29, 0.717) is 11.3 Å². The summed E-state index contributed by atoms with van der Waals surface area (Å²) < 4.78 is 3.90. The predicted molar refractivity (Wildman–Crippen MR) is 101 cm³/mol. The van der Waals surface area contributed by atoms with Crippen LogP contribution in [0.3, 0.4) is 0 Å². The summed E-state index contributed by atoms with van der Waals surface area (Å²) in [6, 6.07) is 23.2. The first kappa shape index (κ1) is 15.9. The number of para-hydroxylation sites is 1. The highest BCUT2D eigenvalue weighted by Crippen LogP contribution is 2.27. The third kappa shape index (κ3) is 2.60. The van der Waals surface area contributed by atoms with Crippen molar-refractivity contribution in [1.82, 2.24) is 9.13 Å². The largest absolute Gasteiger partial charge is 0.346 e. The lowest BCUT2D eigenvalue weighted by Crippen LogP contribution is -2.14. The Hall–Kier alpha value is -3.58. The Kier molecular flexibility index (Phi) is 3.91. The van der Waals surface area contributed by atoms with E-state index < -0.39 is 5.92 Å². The molecule has 4 aromatic rings. The minimum Gasteiger partial charge on any atom is -0.346 e. The van der Waals surface area contributed by atoms with E-state index in [1.54, 1.807) is 12.1 Å². The number of ketones is 1. The number of benzene rings is 2. The fourth-order valence-electron chi connectivity index (χ4n) is 3.32. The van der Waals surface area contributed by atoms with Crippen molar-refractivity contribution in [2.24, 2.45) is 7.05 Å². The average Bonchev–Trinajstić information content (AvgIpc) is 3.32. The number of nitrogens with zero attached hydrogens (tertiary/aromatic N) is 3. The Morgan fingerprint density at radius 3 is 2.35 bits per heavy atom. The second-order valence-corrected chi connectivity index (χ2v) is 6.25. The molecule has 2 aromatic carbocycles. The molecule has 0 aliphatic heterocycles. The quantitative estimate of drug-likeness (QED) is 0.516. The molecule has 1 unspecified atom stereocenters. The Balaban J connectivity index is 1.69. The average molecular weight is 339 g/mol. The molecule has 2 heterocycles. The number of nitriles is 1. The van der Waals surface area contributed by atoms with Gasteiger partial charge in [0, 0.05) is 41.9 Å². The van der Waals surface area contributed by atoms with E-state index in [0.717, 1.165) is 16.6 Å². The first-order chi connectivity index (χ1) is 12.7. The number of hydrogen-bond donors (Lipinski definition) is 0. The van der Waals surface area contributed by atoms with E-state index in [9.17, 15) is 10.1 Å². The Bertz CT molecular complexity index is 1110. The van der Waals surface area contributed by atoms with Crippen LogP contribution in [0.5, 0.6) is 0 Å². The SMILES string of the molecule is Cn1c(C(C#N)C(=O)c2ccc(-n3cccc3)cc2)cc2ccccc21. The van der Waals surface area contributed by atoms with Gasteiger partial charge in [0.2, 0.25) is 0 Å². The van der Waals surface area contributed by atoms with Gasteiger partial charge in [-0.2, -0.15) is 5.26 Å². The molecule has 26 heavy (non-hydrogen) atoms. The van der Waals surface area contributed by atoms with Crippen molar-refractivity contribution in [2.45, 2.75) is 5.92 Å². The molecule has 0 fully saturated rings. The van der Waals surface area contributed by atoms with Crippen molar-refractivity contribution in [3.63, 3.8) is 0 Å². The Labute approximate surface area is 151 Å². The number of carbonyl (C=O) groups is 1. The van der Waals surface area contributed by atoms with Crippen LogP contribution in [0.2, 0.25) is 0 Å². The lowest BCUT2D eigenvalue weighted by atomic mass is 9.95. The van der Waals surface area contributed by atoms with Gasteiger partial charge in [0.15, 0.2) is 5.78 Å². The van der Waals surface area contributed by atoms with Gasteiger partial charge < -0.3 is 9.13 Å². The smallest absolute Gasteiger partial charge is 0.185 e. The number of aromatic nitrogens is 2. The van der Waals surface area contributed by atoms with Crippen LogP contribution < -0.4 is 0 Å². The molecule has 0 N–H and O–H groups in total. The monoisotopic (exact) mass is 339 g/mol. The van der Waals surface area contributed by atoms with E-state index in [2.05, 4.69) is 6.07 Å². The summed E-state index contributed by atoms with van der Waals surface area (Å²) in [6.07, 6.45) is 3.90. The van der Waals surface area contributed by atoms with Crippen molar-refractivity contribution < 1.29 is 4.79 Å². The van der Waals surface area contributed by atoms with E-state index in [-0.39, 0.29) is 5.78 Å². The standard InChI is InChI=1S/C22H17N3O/c1-24-20-7-3-2-6-17(20)14-21(24)19(15-23)22(26)16-8-10-18(11-9-16)25-12-4-5-13-25/h2-14,19H,1H3. The highest BCUT2D eigenvalue weighted by Gasteiger charge is 2.25. The summed E-state index contributed by atoms with van der Waals surface area (Å²) in [4.78, 5) is 13.0.